The SMILES string of the molecule is C[C@H](CO)NC(=O)c1ccc(=O)oc1. The van der Waals surface area contributed by atoms with Crippen LogP contribution in [0.4, 0.5) is 0 Å². The molecule has 1 rings (SSSR count). The third-order valence-corrected chi connectivity index (χ3v) is 1.61. The van der Waals surface area contributed by atoms with Crippen molar-refractivity contribution in [2.45, 2.75) is 13.0 Å². The molecule has 0 aliphatic heterocycles. The minimum Gasteiger partial charge on any atom is -0.430 e. The molecule has 76 valence electrons. The predicted octanol–water partition coefficient (Wildman–Crippen LogP) is -0.250. The average molecular weight is 197 g/mol. The van der Waals surface area contributed by atoms with Gasteiger partial charge in [-0.15, -0.1) is 0 Å². The van der Waals surface area contributed by atoms with E-state index in [1.165, 1.54) is 12.1 Å². The molecule has 1 aromatic heterocycles. The third-order valence-electron chi connectivity index (χ3n) is 1.61. The molecule has 0 unspecified atom stereocenters. The normalized spacial score (nSPS) is 12.1. The van der Waals surface area contributed by atoms with Gasteiger partial charge in [0.15, 0.2) is 0 Å². The van der Waals surface area contributed by atoms with E-state index in [1.807, 2.05) is 0 Å². The number of aliphatic hydroxyl groups is 1. The molecule has 0 aliphatic rings. The third kappa shape index (κ3) is 2.70. The largest absolute Gasteiger partial charge is 0.430 e. The van der Waals surface area contributed by atoms with Gasteiger partial charge >= 0.3 is 5.63 Å². The molecule has 0 radical (unpaired) electrons. The van der Waals surface area contributed by atoms with Gasteiger partial charge < -0.3 is 14.8 Å². The van der Waals surface area contributed by atoms with Gasteiger partial charge in [-0.3, -0.25) is 4.79 Å². The van der Waals surface area contributed by atoms with Crippen molar-refractivity contribution in [3.63, 3.8) is 0 Å². The molecule has 0 aliphatic carbocycles. The first-order valence-electron chi connectivity index (χ1n) is 4.14. The topological polar surface area (TPSA) is 79.5 Å². The molecule has 0 bridgehead atoms. The van der Waals surface area contributed by atoms with Crippen LogP contribution in [0.3, 0.4) is 0 Å². The Labute approximate surface area is 80.4 Å². The van der Waals surface area contributed by atoms with E-state index in [2.05, 4.69) is 9.73 Å². The fourth-order valence-corrected chi connectivity index (χ4v) is 0.840. The molecule has 5 heteroatoms. The Kier molecular flexibility index (Phi) is 3.41. The summed E-state index contributed by atoms with van der Waals surface area (Å²) < 4.78 is 4.52. The van der Waals surface area contributed by atoms with Gasteiger partial charge in [-0.2, -0.15) is 0 Å². The maximum absolute atomic E-state index is 11.3. The standard InChI is InChI=1S/C9H11NO4/c1-6(4-11)10-9(13)7-2-3-8(12)14-5-7/h2-3,5-6,11H,4H2,1H3,(H,10,13)/t6-/m1/s1. The molecule has 0 saturated carbocycles. The van der Waals surface area contributed by atoms with Gasteiger partial charge in [-0.25, -0.2) is 4.79 Å². The number of carbonyl (C=O) groups is 1. The molecule has 1 aromatic rings. The summed E-state index contributed by atoms with van der Waals surface area (Å²) in [6.45, 7) is 1.53. The quantitative estimate of drug-likeness (QED) is 0.700. The Morgan fingerprint density at radius 3 is 2.86 bits per heavy atom. The first-order chi connectivity index (χ1) is 6.63. The van der Waals surface area contributed by atoms with Crippen molar-refractivity contribution in [2.24, 2.45) is 0 Å². The van der Waals surface area contributed by atoms with Gasteiger partial charge in [-0.1, -0.05) is 0 Å². The molecule has 2 N–H and O–H groups in total. The Bertz CT molecular complexity index is 351. The van der Waals surface area contributed by atoms with Crippen LogP contribution in [0.15, 0.2) is 27.6 Å². The van der Waals surface area contributed by atoms with E-state index in [1.54, 1.807) is 6.92 Å². The van der Waals surface area contributed by atoms with Crippen molar-refractivity contribution >= 4 is 5.91 Å². The van der Waals surface area contributed by atoms with Crippen LogP contribution in [0.2, 0.25) is 0 Å². The number of hydrogen-bond donors (Lipinski definition) is 2. The molecule has 0 fully saturated rings. The molecule has 0 saturated heterocycles. The van der Waals surface area contributed by atoms with Gasteiger partial charge in [0.25, 0.3) is 5.91 Å². The van der Waals surface area contributed by atoms with Crippen LogP contribution in [0, 0.1) is 0 Å². The highest BCUT2D eigenvalue weighted by molar-refractivity contribution is 5.93. The van der Waals surface area contributed by atoms with E-state index in [0.717, 1.165) is 6.26 Å². The van der Waals surface area contributed by atoms with Crippen LogP contribution in [0.5, 0.6) is 0 Å². The van der Waals surface area contributed by atoms with Crippen LogP contribution in [0.1, 0.15) is 17.3 Å². The molecule has 1 amide bonds. The maximum Gasteiger partial charge on any atom is 0.335 e. The first-order valence-corrected chi connectivity index (χ1v) is 4.14. The van der Waals surface area contributed by atoms with Crippen molar-refractivity contribution in [2.75, 3.05) is 6.61 Å². The zero-order chi connectivity index (χ0) is 10.6. The zero-order valence-electron chi connectivity index (χ0n) is 7.69. The lowest BCUT2D eigenvalue weighted by Gasteiger charge is -2.09. The fraction of sp³-hybridized carbons (Fsp3) is 0.333. The smallest absolute Gasteiger partial charge is 0.335 e. The Hall–Kier alpha value is -1.62. The van der Waals surface area contributed by atoms with Gasteiger partial charge in [0.1, 0.15) is 6.26 Å². The lowest BCUT2D eigenvalue weighted by molar-refractivity contribution is 0.0920. The summed E-state index contributed by atoms with van der Waals surface area (Å²) in [5.74, 6) is -0.379. The summed E-state index contributed by atoms with van der Waals surface area (Å²) in [7, 11) is 0. The highest BCUT2D eigenvalue weighted by atomic mass is 16.4. The van der Waals surface area contributed by atoms with Crippen molar-refractivity contribution in [3.8, 4) is 0 Å². The fourth-order valence-electron chi connectivity index (χ4n) is 0.840. The summed E-state index contributed by atoms with van der Waals surface area (Å²) in [6.07, 6.45) is 1.09. The monoisotopic (exact) mass is 197 g/mol. The van der Waals surface area contributed by atoms with E-state index < -0.39 is 5.63 Å². The van der Waals surface area contributed by atoms with Crippen molar-refractivity contribution in [1.82, 2.24) is 5.32 Å². The van der Waals surface area contributed by atoms with E-state index in [-0.39, 0.29) is 24.1 Å². The summed E-state index contributed by atoms with van der Waals surface area (Å²) in [6, 6.07) is 2.21. The molecular formula is C9H11NO4. The Morgan fingerprint density at radius 2 is 2.36 bits per heavy atom. The molecule has 5 nitrogen and oxygen atoms in total. The number of hydrogen-bond acceptors (Lipinski definition) is 4. The van der Waals surface area contributed by atoms with Crippen molar-refractivity contribution in [1.29, 1.82) is 0 Å². The lowest BCUT2D eigenvalue weighted by atomic mass is 10.2. The molecule has 1 atom stereocenters. The van der Waals surface area contributed by atoms with E-state index in [4.69, 9.17) is 5.11 Å². The Morgan fingerprint density at radius 1 is 1.64 bits per heavy atom. The number of amides is 1. The zero-order valence-corrected chi connectivity index (χ0v) is 7.69. The van der Waals surface area contributed by atoms with Crippen LogP contribution < -0.4 is 10.9 Å². The summed E-state index contributed by atoms with van der Waals surface area (Å²) in [4.78, 5) is 21.9. The number of rotatable bonds is 3. The molecule has 0 aromatic carbocycles. The van der Waals surface area contributed by atoms with E-state index >= 15 is 0 Å². The minimum absolute atomic E-state index is 0.136. The number of aliphatic hydroxyl groups excluding tert-OH is 1. The summed E-state index contributed by atoms with van der Waals surface area (Å²) in [5, 5.41) is 11.2. The van der Waals surface area contributed by atoms with Crippen LogP contribution in [0.25, 0.3) is 0 Å². The highest BCUT2D eigenvalue weighted by Gasteiger charge is 2.08. The lowest BCUT2D eigenvalue weighted by Crippen LogP contribution is -2.35. The highest BCUT2D eigenvalue weighted by Crippen LogP contribution is 1.95. The second-order valence-electron chi connectivity index (χ2n) is 2.90. The van der Waals surface area contributed by atoms with Crippen molar-refractivity contribution in [3.05, 3.63) is 34.4 Å². The van der Waals surface area contributed by atoms with Gasteiger partial charge in [-0.05, 0) is 13.0 Å². The van der Waals surface area contributed by atoms with Gasteiger partial charge in [0.2, 0.25) is 0 Å². The second-order valence-corrected chi connectivity index (χ2v) is 2.90. The second kappa shape index (κ2) is 4.57. The molecule has 0 spiro atoms. The van der Waals surface area contributed by atoms with Crippen LogP contribution in [-0.4, -0.2) is 23.7 Å². The minimum atomic E-state index is -0.503. The van der Waals surface area contributed by atoms with E-state index in [9.17, 15) is 9.59 Å². The molecular weight excluding hydrogens is 186 g/mol. The number of carbonyl (C=O) groups excluding carboxylic acids is 1. The van der Waals surface area contributed by atoms with Gasteiger partial charge in [0, 0.05) is 12.1 Å². The van der Waals surface area contributed by atoms with Crippen LogP contribution >= 0.6 is 0 Å². The predicted molar refractivity (Wildman–Crippen MR) is 49.0 cm³/mol. The summed E-state index contributed by atoms with van der Waals surface area (Å²) >= 11 is 0. The van der Waals surface area contributed by atoms with Crippen LogP contribution in [-0.2, 0) is 0 Å². The maximum atomic E-state index is 11.3. The van der Waals surface area contributed by atoms with E-state index in [0.29, 0.717) is 0 Å². The number of nitrogens with one attached hydrogen (secondary N) is 1. The molecule has 1 heterocycles. The first kappa shape index (κ1) is 10.5. The summed E-state index contributed by atoms with van der Waals surface area (Å²) in [5.41, 5.74) is -0.248. The molecule has 14 heavy (non-hydrogen) atoms. The Balaban J connectivity index is 2.70. The van der Waals surface area contributed by atoms with Gasteiger partial charge in [0.05, 0.1) is 12.2 Å². The average Bonchev–Trinajstić information content (AvgIpc) is 2.18. The van der Waals surface area contributed by atoms with Crippen molar-refractivity contribution < 1.29 is 14.3 Å².